The first kappa shape index (κ1) is 22.1. The molecular weight excluding hydrogens is 420 g/mol. The summed E-state index contributed by atoms with van der Waals surface area (Å²) in [4.78, 5) is 27.7. The topological polar surface area (TPSA) is 75.2 Å². The van der Waals surface area contributed by atoms with E-state index in [1.54, 1.807) is 4.90 Å². The van der Waals surface area contributed by atoms with Gasteiger partial charge in [-0.15, -0.1) is 10.2 Å². The molecule has 0 bridgehead atoms. The molecule has 0 unspecified atom stereocenters. The molecule has 2 heterocycles. The number of nitrogens with zero attached hydrogens (tertiary/aromatic N) is 3. The molecule has 3 aromatic rings. The van der Waals surface area contributed by atoms with E-state index >= 15 is 0 Å². The van der Waals surface area contributed by atoms with Gasteiger partial charge in [-0.25, -0.2) is 0 Å². The van der Waals surface area contributed by atoms with Gasteiger partial charge in [0.05, 0.1) is 0 Å². The normalized spacial score (nSPS) is 15.7. The Morgan fingerprint density at radius 1 is 1.06 bits per heavy atom. The highest BCUT2D eigenvalue weighted by atomic mass is 32.1. The van der Waals surface area contributed by atoms with Crippen LogP contribution in [0, 0.1) is 0 Å². The maximum absolute atomic E-state index is 13.1. The molecule has 1 N–H and O–H groups in total. The Morgan fingerprint density at radius 3 is 2.59 bits per heavy atom. The number of aryl methyl sites for hydroxylation is 1. The molecule has 0 radical (unpaired) electrons. The average Bonchev–Trinajstić information content (AvgIpc) is 3.50. The lowest BCUT2D eigenvalue weighted by Gasteiger charge is -2.23. The molecule has 0 aliphatic carbocycles. The lowest BCUT2D eigenvalue weighted by atomic mass is 10.0. The van der Waals surface area contributed by atoms with Crippen LogP contribution < -0.4 is 5.32 Å². The number of unbranched alkanes of at least 4 members (excludes halogenated alkanes) is 2. The predicted molar refractivity (Wildman–Crippen MR) is 128 cm³/mol. The largest absolute Gasteiger partial charge is 0.327 e. The Bertz CT molecular complexity index is 1050. The zero-order valence-corrected chi connectivity index (χ0v) is 19.1. The third-order valence-corrected chi connectivity index (χ3v) is 6.65. The summed E-state index contributed by atoms with van der Waals surface area (Å²) in [5.74, 6) is -0.298. The molecule has 1 atom stereocenters. The van der Waals surface area contributed by atoms with Gasteiger partial charge in [0.15, 0.2) is 0 Å². The van der Waals surface area contributed by atoms with E-state index in [0.717, 1.165) is 29.8 Å². The highest BCUT2D eigenvalue weighted by Crippen LogP contribution is 2.27. The second-order valence-corrected chi connectivity index (χ2v) is 9.06. The fourth-order valence-corrected chi connectivity index (χ4v) is 4.75. The molecule has 0 saturated carbocycles. The van der Waals surface area contributed by atoms with Crippen LogP contribution in [-0.2, 0) is 11.2 Å². The van der Waals surface area contributed by atoms with E-state index in [9.17, 15) is 9.59 Å². The Labute approximate surface area is 192 Å². The minimum absolute atomic E-state index is 0.0926. The van der Waals surface area contributed by atoms with E-state index in [0.29, 0.717) is 23.7 Å². The second-order valence-electron chi connectivity index (χ2n) is 8.08. The van der Waals surface area contributed by atoms with E-state index in [2.05, 4.69) is 22.4 Å². The smallest absolute Gasteiger partial charge is 0.254 e. The van der Waals surface area contributed by atoms with Crippen molar-refractivity contribution in [3.63, 3.8) is 0 Å². The van der Waals surface area contributed by atoms with Crippen molar-refractivity contribution in [1.29, 1.82) is 0 Å². The zero-order valence-electron chi connectivity index (χ0n) is 18.3. The van der Waals surface area contributed by atoms with Gasteiger partial charge >= 0.3 is 0 Å². The molecule has 1 fully saturated rings. The third-order valence-electron chi connectivity index (χ3n) is 5.76. The van der Waals surface area contributed by atoms with Crippen molar-refractivity contribution in [3.05, 3.63) is 65.7 Å². The van der Waals surface area contributed by atoms with Crippen LogP contribution in [0.15, 0.2) is 54.6 Å². The highest BCUT2D eigenvalue weighted by Gasteiger charge is 2.35. The van der Waals surface area contributed by atoms with E-state index in [-0.39, 0.29) is 11.8 Å². The molecule has 32 heavy (non-hydrogen) atoms. The number of aromatic nitrogens is 2. The number of hydrogen-bond donors (Lipinski definition) is 1. The number of carbonyl (C=O) groups excluding carboxylic acids is 2. The summed E-state index contributed by atoms with van der Waals surface area (Å²) in [5.41, 5.74) is 2.84. The highest BCUT2D eigenvalue weighted by molar-refractivity contribution is 7.18. The Kier molecular flexibility index (Phi) is 7.27. The Balaban J connectivity index is 1.39. The van der Waals surface area contributed by atoms with E-state index < -0.39 is 6.04 Å². The summed E-state index contributed by atoms with van der Waals surface area (Å²) < 4.78 is 0. The number of hydrogen-bond acceptors (Lipinski definition) is 5. The summed E-state index contributed by atoms with van der Waals surface area (Å²) in [7, 11) is 0. The van der Waals surface area contributed by atoms with Crippen LogP contribution >= 0.6 is 11.3 Å². The number of anilines is 1. The summed E-state index contributed by atoms with van der Waals surface area (Å²) in [6.45, 7) is 2.78. The molecule has 6 nitrogen and oxygen atoms in total. The fraction of sp³-hybridized carbons (Fsp3) is 0.360. The summed E-state index contributed by atoms with van der Waals surface area (Å²) in [5, 5.41) is 12.3. The van der Waals surface area contributed by atoms with Gasteiger partial charge in [0, 0.05) is 17.7 Å². The molecule has 1 saturated heterocycles. The molecule has 166 valence electrons. The third kappa shape index (κ3) is 5.22. The number of carbonyl (C=O) groups is 2. The number of benzene rings is 2. The van der Waals surface area contributed by atoms with Crippen LogP contribution in [0.5, 0.6) is 0 Å². The van der Waals surface area contributed by atoms with Crippen molar-refractivity contribution < 1.29 is 9.59 Å². The summed E-state index contributed by atoms with van der Waals surface area (Å²) in [6.07, 6.45) is 6.06. The minimum atomic E-state index is -0.490. The lowest BCUT2D eigenvalue weighted by molar-refractivity contribution is -0.119. The lowest BCUT2D eigenvalue weighted by Crippen LogP contribution is -2.43. The first-order chi connectivity index (χ1) is 15.7. The van der Waals surface area contributed by atoms with Gasteiger partial charge < -0.3 is 4.90 Å². The molecule has 0 spiro atoms. The van der Waals surface area contributed by atoms with Crippen LogP contribution in [0.1, 0.15) is 54.9 Å². The van der Waals surface area contributed by atoms with Gasteiger partial charge in [-0.05, 0) is 43.4 Å². The SMILES string of the molecule is CCCCCc1ccc(C(=O)N2CCC[C@@H]2C(=O)Nc2nnc(-c3ccccc3)s2)cc1. The number of likely N-dealkylation sites (tertiary alicyclic amines) is 1. The van der Waals surface area contributed by atoms with Crippen LogP contribution in [0.25, 0.3) is 10.6 Å². The first-order valence-electron chi connectivity index (χ1n) is 11.3. The standard InChI is InChI=1S/C25H28N4O2S/c1-2-3-5-9-18-13-15-20(16-14-18)24(31)29-17-8-12-21(29)22(30)26-25-28-27-23(32-25)19-10-6-4-7-11-19/h4,6-7,10-11,13-16,21H,2-3,5,8-9,12,17H2,1H3,(H,26,28,30)/t21-/m1/s1. The maximum atomic E-state index is 13.1. The van der Waals surface area contributed by atoms with Gasteiger partial charge in [-0.2, -0.15) is 0 Å². The van der Waals surface area contributed by atoms with Crippen LogP contribution in [0.2, 0.25) is 0 Å². The van der Waals surface area contributed by atoms with Crippen molar-refractivity contribution in [3.8, 4) is 10.6 Å². The molecule has 2 amide bonds. The molecule has 1 aliphatic heterocycles. The van der Waals surface area contributed by atoms with Gasteiger partial charge in [-0.1, -0.05) is 73.6 Å². The van der Waals surface area contributed by atoms with Crippen LogP contribution in [0.4, 0.5) is 5.13 Å². The van der Waals surface area contributed by atoms with Crippen molar-refractivity contribution in [2.75, 3.05) is 11.9 Å². The number of rotatable bonds is 8. The second kappa shape index (κ2) is 10.5. The van der Waals surface area contributed by atoms with Gasteiger partial charge in [0.2, 0.25) is 11.0 Å². The average molecular weight is 449 g/mol. The van der Waals surface area contributed by atoms with Crippen molar-refractivity contribution in [1.82, 2.24) is 15.1 Å². The fourth-order valence-electron chi connectivity index (χ4n) is 4.00. The quantitative estimate of drug-likeness (QED) is 0.482. The van der Waals surface area contributed by atoms with Crippen molar-refractivity contribution >= 4 is 28.3 Å². The van der Waals surface area contributed by atoms with Gasteiger partial charge in [-0.3, -0.25) is 14.9 Å². The zero-order chi connectivity index (χ0) is 22.3. The minimum Gasteiger partial charge on any atom is -0.327 e. The van der Waals surface area contributed by atoms with Gasteiger partial charge in [0.1, 0.15) is 11.0 Å². The molecule has 1 aliphatic rings. The van der Waals surface area contributed by atoms with E-state index in [1.807, 2.05) is 54.6 Å². The van der Waals surface area contributed by atoms with Crippen LogP contribution in [-0.4, -0.2) is 39.5 Å². The molecule has 7 heteroatoms. The van der Waals surface area contributed by atoms with Crippen molar-refractivity contribution in [2.45, 2.75) is 51.5 Å². The number of amides is 2. The summed E-state index contributed by atoms with van der Waals surface area (Å²) >= 11 is 1.33. The Morgan fingerprint density at radius 2 is 1.84 bits per heavy atom. The van der Waals surface area contributed by atoms with Gasteiger partial charge in [0.25, 0.3) is 5.91 Å². The van der Waals surface area contributed by atoms with E-state index in [4.69, 9.17) is 0 Å². The molecule has 4 rings (SSSR count). The molecular formula is C25H28N4O2S. The number of nitrogens with one attached hydrogen (secondary N) is 1. The Hall–Kier alpha value is -3.06. The first-order valence-corrected chi connectivity index (χ1v) is 12.1. The maximum Gasteiger partial charge on any atom is 0.254 e. The van der Waals surface area contributed by atoms with Crippen molar-refractivity contribution in [2.24, 2.45) is 0 Å². The molecule has 1 aromatic heterocycles. The monoisotopic (exact) mass is 448 g/mol. The molecule has 2 aromatic carbocycles. The predicted octanol–water partition coefficient (Wildman–Crippen LogP) is 5.18. The summed E-state index contributed by atoms with van der Waals surface area (Å²) in [6, 6.07) is 17.1. The van der Waals surface area contributed by atoms with Crippen LogP contribution in [0.3, 0.4) is 0 Å². The van der Waals surface area contributed by atoms with E-state index in [1.165, 1.54) is 29.7 Å².